The molecule has 0 fully saturated rings. The fraction of sp³-hybridized carbons (Fsp3) is 0.333. The summed E-state index contributed by atoms with van der Waals surface area (Å²) in [5.74, 6) is 0.371. The van der Waals surface area contributed by atoms with Crippen molar-refractivity contribution in [1.29, 1.82) is 0 Å². The molecule has 2 N–H and O–H groups in total. The maximum atomic E-state index is 10.7. The van der Waals surface area contributed by atoms with Gasteiger partial charge in [0.25, 0.3) is 5.69 Å². The van der Waals surface area contributed by atoms with Crippen molar-refractivity contribution in [2.75, 3.05) is 13.2 Å². The van der Waals surface area contributed by atoms with Crippen LogP contribution in [0.4, 0.5) is 5.69 Å². The topological polar surface area (TPSA) is 84.6 Å². The molecule has 0 bridgehead atoms. The van der Waals surface area contributed by atoms with Crippen LogP contribution in [0, 0.1) is 17.0 Å². The van der Waals surface area contributed by atoms with E-state index in [2.05, 4.69) is 24.4 Å². The van der Waals surface area contributed by atoms with Gasteiger partial charge in [-0.05, 0) is 31.0 Å². The van der Waals surface area contributed by atoms with Gasteiger partial charge in [-0.25, -0.2) is 0 Å². The van der Waals surface area contributed by atoms with Gasteiger partial charge < -0.3 is 15.2 Å². The van der Waals surface area contributed by atoms with E-state index in [4.69, 9.17) is 4.74 Å². The highest BCUT2D eigenvalue weighted by Crippen LogP contribution is 2.19. The van der Waals surface area contributed by atoms with Crippen LogP contribution in [-0.2, 0) is 0 Å². The van der Waals surface area contributed by atoms with Gasteiger partial charge in [-0.3, -0.25) is 10.1 Å². The van der Waals surface area contributed by atoms with Crippen molar-refractivity contribution >= 4 is 5.69 Å². The van der Waals surface area contributed by atoms with Crippen molar-refractivity contribution in [3.63, 3.8) is 0 Å². The number of aliphatic hydroxyl groups is 1. The Labute approximate surface area is 141 Å². The van der Waals surface area contributed by atoms with E-state index in [0.717, 1.165) is 0 Å². The highest BCUT2D eigenvalue weighted by molar-refractivity contribution is 5.37. The molecular weight excluding hydrogens is 308 g/mol. The summed E-state index contributed by atoms with van der Waals surface area (Å²) < 4.78 is 5.43. The maximum Gasteiger partial charge on any atom is 0.273 e. The number of non-ortho nitro benzene ring substituents is 1. The lowest BCUT2D eigenvalue weighted by molar-refractivity contribution is -0.384. The standard InChI is InChI=1S/C18H22N2O4/c1-13-6-3-4-9-18(13)14(2)19-11-16(21)12-24-17-8-5-7-15(10-17)20(22)23/h3-10,14,16,19,21H,11-12H2,1-2H3/t14-,16-/m0/s1. The number of nitrogens with zero attached hydrogens (tertiary/aromatic N) is 1. The number of benzene rings is 2. The van der Waals surface area contributed by atoms with Crippen LogP contribution in [-0.4, -0.2) is 29.3 Å². The highest BCUT2D eigenvalue weighted by Gasteiger charge is 2.12. The largest absolute Gasteiger partial charge is 0.491 e. The van der Waals surface area contributed by atoms with E-state index in [1.54, 1.807) is 12.1 Å². The van der Waals surface area contributed by atoms with Crippen LogP contribution in [0.3, 0.4) is 0 Å². The summed E-state index contributed by atoms with van der Waals surface area (Å²) in [5.41, 5.74) is 2.34. The molecule has 0 amide bonds. The molecule has 0 saturated heterocycles. The van der Waals surface area contributed by atoms with Gasteiger partial charge in [0.2, 0.25) is 0 Å². The Morgan fingerprint density at radius 2 is 2.00 bits per heavy atom. The van der Waals surface area contributed by atoms with Gasteiger partial charge in [-0.2, -0.15) is 0 Å². The lowest BCUT2D eigenvalue weighted by atomic mass is 10.0. The maximum absolute atomic E-state index is 10.7. The van der Waals surface area contributed by atoms with Crippen molar-refractivity contribution in [3.8, 4) is 5.75 Å². The van der Waals surface area contributed by atoms with Gasteiger partial charge in [0.05, 0.1) is 11.0 Å². The monoisotopic (exact) mass is 330 g/mol. The molecule has 2 rings (SSSR count). The second kappa shape index (κ2) is 8.42. The molecule has 0 aliphatic rings. The molecule has 0 aromatic heterocycles. The van der Waals surface area contributed by atoms with E-state index in [-0.39, 0.29) is 18.3 Å². The molecule has 0 heterocycles. The Balaban J connectivity index is 1.81. The van der Waals surface area contributed by atoms with E-state index < -0.39 is 11.0 Å². The smallest absolute Gasteiger partial charge is 0.273 e. The summed E-state index contributed by atoms with van der Waals surface area (Å²) in [6.07, 6.45) is -0.712. The number of rotatable bonds is 8. The number of aliphatic hydroxyl groups excluding tert-OH is 1. The highest BCUT2D eigenvalue weighted by atomic mass is 16.6. The molecule has 2 atom stereocenters. The second-order valence-corrected chi connectivity index (χ2v) is 5.71. The molecule has 6 heteroatoms. The average molecular weight is 330 g/mol. The van der Waals surface area contributed by atoms with Gasteiger partial charge in [0.15, 0.2) is 0 Å². The third-order valence-electron chi connectivity index (χ3n) is 3.79. The summed E-state index contributed by atoms with van der Waals surface area (Å²) in [5, 5.41) is 24.0. The summed E-state index contributed by atoms with van der Waals surface area (Å²) in [6.45, 7) is 4.52. The van der Waals surface area contributed by atoms with Gasteiger partial charge >= 0.3 is 0 Å². The molecule has 0 spiro atoms. The van der Waals surface area contributed by atoms with Crippen LogP contribution < -0.4 is 10.1 Å². The molecule has 128 valence electrons. The third kappa shape index (κ3) is 5.04. The zero-order valence-corrected chi connectivity index (χ0v) is 13.8. The number of hydrogen-bond acceptors (Lipinski definition) is 5. The van der Waals surface area contributed by atoms with Crippen molar-refractivity contribution < 1.29 is 14.8 Å². The minimum absolute atomic E-state index is 0.0340. The SMILES string of the molecule is Cc1ccccc1[C@H](C)NC[C@H](O)COc1cccc([N+](=O)[O-])c1. The Kier molecular flexibility index (Phi) is 6.28. The molecule has 6 nitrogen and oxygen atoms in total. The predicted molar refractivity (Wildman–Crippen MR) is 92.2 cm³/mol. The molecule has 0 aliphatic carbocycles. The van der Waals surface area contributed by atoms with E-state index in [1.807, 2.05) is 19.1 Å². The Hall–Kier alpha value is -2.44. The van der Waals surface area contributed by atoms with Gasteiger partial charge in [-0.1, -0.05) is 30.3 Å². The fourth-order valence-electron chi connectivity index (χ4n) is 2.43. The van der Waals surface area contributed by atoms with E-state index >= 15 is 0 Å². The number of nitro groups is 1. The van der Waals surface area contributed by atoms with Gasteiger partial charge in [0.1, 0.15) is 18.5 Å². The molecule has 0 unspecified atom stereocenters. The normalized spacial score (nSPS) is 13.3. The van der Waals surface area contributed by atoms with Crippen LogP contribution >= 0.6 is 0 Å². The fourth-order valence-corrected chi connectivity index (χ4v) is 2.43. The lowest BCUT2D eigenvalue weighted by Crippen LogP contribution is -2.33. The van der Waals surface area contributed by atoms with Crippen LogP contribution in [0.25, 0.3) is 0 Å². The molecule has 2 aromatic carbocycles. The van der Waals surface area contributed by atoms with Crippen LogP contribution in [0.5, 0.6) is 5.75 Å². The van der Waals surface area contributed by atoms with Crippen molar-refractivity contribution in [3.05, 3.63) is 69.8 Å². The zero-order valence-electron chi connectivity index (χ0n) is 13.8. The number of ether oxygens (including phenoxy) is 1. The summed E-state index contributed by atoms with van der Waals surface area (Å²) in [4.78, 5) is 10.2. The molecule has 0 saturated carbocycles. The van der Waals surface area contributed by atoms with Crippen molar-refractivity contribution in [2.24, 2.45) is 0 Å². The van der Waals surface area contributed by atoms with Crippen LogP contribution in [0.2, 0.25) is 0 Å². The summed E-state index contributed by atoms with van der Waals surface area (Å²) >= 11 is 0. The second-order valence-electron chi connectivity index (χ2n) is 5.71. The number of nitrogens with one attached hydrogen (secondary N) is 1. The average Bonchev–Trinajstić information content (AvgIpc) is 2.58. The Bertz CT molecular complexity index is 690. The molecule has 0 radical (unpaired) electrons. The minimum Gasteiger partial charge on any atom is -0.491 e. The minimum atomic E-state index is -0.712. The van der Waals surface area contributed by atoms with Crippen LogP contribution in [0.1, 0.15) is 24.1 Å². The van der Waals surface area contributed by atoms with E-state index in [9.17, 15) is 15.2 Å². The molecule has 24 heavy (non-hydrogen) atoms. The van der Waals surface area contributed by atoms with Crippen molar-refractivity contribution in [2.45, 2.75) is 26.0 Å². The van der Waals surface area contributed by atoms with Gasteiger partial charge in [-0.15, -0.1) is 0 Å². The first-order valence-electron chi connectivity index (χ1n) is 7.81. The molecular formula is C18H22N2O4. The van der Waals surface area contributed by atoms with E-state index in [1.165, 1.54) is 23.3 Å². The Morgan fingerprint density at radius 3 is 2.71 bits per heavy atom. The van der Waals surface area contributed by atoms with Gasteiger partial charge in [0, 0.05) is 18.7 Å². The first kappa shape index (κ1) is 17.9. The van der Waals surface area contributed by atoms with Crippen LogP contribution in [0.15, 0.2) is 48.5 Å². The first-order chi connectivity index (χ1) is 11.5. The quantitative estimate of drug-likeness (QED) is 0.574. The predicted octanol–water partition coefficient (Wildman–Crippen LogP) is 2.99. The third-order valence-corrected chi connectivity index (χ3v) is 3.79. The summed E-state index contributed by atoms with van der Waals surface area (Å²) in [6, 6.07) is 14.1. The zero-order chi connectivity index (χ0) is 17.5. The number of aryl methyl sites for hydroxylation is 1. The molecule has 0 aliphatic heterocycles. The van der Waals surface area contributed by atoms with E-state index in [0.29, 0.717) is 12.3 Å². The van der Waals surface area contributed by atoms with Crippen molar-refractivity contribution in [1.82, 2.24) is 5.32 Å². The summed E-state index contributed by atoms with van der Waals surface area (Å²) in [7, 11) is 0. The number of nitro benzene ring substituents is 1. The Morgan fingerprint density at radius 1 is 1.25 bits per heavy atom. The lowest BCUT2D eigenvalue weighted by Gasteiger charge is -2.19. The molecule has 2 aromatic rings. The first-order valence-corrected chi connectivity index (χ1v) is 7.81. The number of hydrogen-bond donors (Lipinski definition) is 2.